The quantitative estimate of drug-likeness (QED) is 0.902. The van der Waals surface area contributed by atoms with Gasteiger partial charge in [0.15, 0.2) is 5.69 Å². The molecular weight excluding hydrogens is 300 g/mol. The lowest BCUT2D eigenvalue weighted by Gasteiger charge is -2.27. The third kappa shape index (κ3) is 3.66. The first-order valence-electron chi connectivity index (χ1n) is 9.52. The largest absolute Gasteiger partial charge is 0.343 e. The van der Waals surface area contributed by atoms with E-state index in [-0.39, 0.29) is 5.91 Å². The Hall–Kier alpha value is -1.36. The topological polar surface area (TPSA) is 50.2 Å². The summed E-state index contributed by atoms with van der Waals surface area (Å²) in [6.45, 7) is 5.30. The number of hydrogen-bond acceptors (Lipinski definition) is 3. The number of fused-ring (bicyclic) bond motifs is 1. The first kappa shape index (κ1) is 17.5. The fourth-order valence-corrected chi connectivity index (χ4v) is 4.14. The van der Waals surface area contributed by atoms with Crippen molar-refractivity contribution in [2.24, 2.45) is 5.92 Å². The molecule has 0 saturated heterocycles. The number of nitrogens with one attached hydrogen (secondary N) is 1. The summed E-state index contributed by atoms with van der Waals surface area (Å²) in [6, 6.07) is 1.17. The molecule has 1 unspecified atom stereocenters. The third-order valence-corrected chi connectivity index (χ3v) is 5.32. The number of rotatable bonds is 5. The van der Waals surface area contributed by atoms with Crippen LogP contribution in [0.5, 0.6) is 0 Å². The number of nitrogens with zero attached hydrogens (tertiary/aromatic N) is 3. The number of hydrogen-bond donors (Lipinski definition) is 1. The molecular formula is C19H32N4O. The molecule has 0 aliphatic heterocycles. The van der Waals surface area contributed by atoms with Crippen LogP contribution in [-0.2, 0) is 19.4 Å². The van der Waals surface area contributed by atoms with Gasteiger partial charge in [-0.15, -0.1) is 0 Å². The molecule has 2 aliphatic rings. The molecule has 1 fully saturated rings. The summed E-state index contributed by atoms with van der Waals surface area (Å²) in [5.41, 5.74) is 3.16. The van der Waals surface area contributed by atoms with Crippen LogP contribution in [0.2, 0.25) is 0 Å². The first-order chi connectivity index (χ1) is 11.5. The Morgan fingerprint density at radius 3 is 2.58 bits per heavy atom. The molecule has 5 heteroatoms. The average molecular weight is 332 g/mol. The van der Waals surface area contributed by atoms with Gasteiger partial charge < -0.3 is 10.2 Å². The molecule has 1 N–H and O–H groups in total. The molecule has 0 radical (unpaired) electrons. The van der Waals surface area contributed by atoms with Crippen molar-refractivity contribution in [3.05, 3.63) is 17.0 Å². The highest BCUT2D eigenvalue weighted by molar-refractivity contribution is 5.93. The van der Waals surface area contributed by atoms with Crippen LogP contribution < -0.4 is 5.32 Å². The lowest BCUT2D eigenvalue weighted by molar-refractivity contribution is 0.0819. The van der Waals surface area contributed by atoms with Crippen molar-refractivity contribution in [1.29, 1.82) is 0 Å². The van der Waals surface area contributed by atoms with Crippen LogP contribution in [0.4, 0.5) is 0 Å². The number of carbonyl (C=O) groups is 1. The van der Waals surface area contributed by atoms with Gasteiger partial charge in [0.2, 0.25) is 0 Å². The SMILES string of the molecule is CC(C)Cn1nc(C(=O)N(C)C)c2c1CCC(NC1CCCC1)C2. The zero-order valence-corrected chi connectivity index (χ0v) is 15.6. The summed E-state index contributed by atoms with van der Waals surface area (Å²) < 4.78 is 2.10. The normalized spacial score (nSPS) is 21.3. The minimum absolute atomic E-state index is 0.0373. The van der Waals surface area contributed by atoms with Crippen LogP contribution >= 0.6 is 0 Å². The zero-order chi connectivity index (χ0) is 17.3. The van der Waals surface area contributed by atoms with Crippen LogP contribution in [0, 0.1) is 5.92 Å². The molecule has 2 aliphatic carbocycles. The molecule has 0 spiro atoms. The van der Waals surface area contributed by atoms with Gasteiger partial charge in [-0.05, 0) is 38.0 Å². The molecule has 1 heterocycles. The van der Waals surface area contributed by atoms with Crippen LogP contribution in [0.25, 0.3) is 0 Å². The van der Waals surface area contributed by atoms with E-state index in [2.05, 4.69) is 23.8 Å². The molecule has 1 amide bonds. The van der Waals surface area contributed by atoms with E-state index < -0.39 is 0 Å². The summed E-state index contributed by atoms with van der Waals surface area (Å²) in [5, 5.41) is 8.56. The van der Waals surface area contributed by atoms with Gasteiger partial charge in [0.25, 0.3) is 5.91 Å². The Bertz CT molecular complexity index is 584. The van der Waals surface area contributed by atoms with Gasteiger partial charge in [-0.1, -0.05) is 26.7 Å². The van der Waals surface area contributed by atoms with E-state index in [1.54, 1.807) is 4.90 Å². The standard InChI is InChI=1S/C19H32N4O/c1-13(2)12-23-17-10-9-15(20-14-7-5-6-8-14)11-16(17)18(21-23)19(24)22(3)4/h13-15,20H,5-12H2,1-4H3. The average Bonchev–Trinajstić information content (AvgIpc) is 3.14. The second kappa shape index (κ2) is 7.26. The van der Waals surface area contributed by atoms with Gasteiger partial charge >= 0.3 is 0 Å². The van der Waals surface area contributed by atoms with E-state index in [1.165, 1.54) is 36.9 Å². The number of aromatic nitrogens is 2. The van der Waals surface area contributed by atoms with Gasteiger partial charge in [0.1, 0.15) is 0 Å². The van der Waals surface area contributed by atoms with Gasteiger partial charge in [0, 0.05) is 44.0 Å². The Morgan fingerprint density at radius 2 is 1.96 bits per heavy atom. The Morgan fingerprint density at radius 1 is 1.25 bits per heavy atom. The van der Waals surface area contributed by atoms with Crippen molar-refractivity contribution in [3.8, 4) is 0 Å². The molecule has 3 rings (SSSR count). The molecule has 1 aromatic heterocycles. The van der Waals surface area contributed by atoms with Gasteiger partial charge in [-0.25, -0.2) is 0 Å². The highest BCUT2D eigenvalue weighted by Crippen LogP contribution is 2.28. The Kier molecular flexibility index (Phi) is 5.28. The summed E-state index contributed by atoms with van der Waals surface area (Å²) in [4.78, 5) is 14.2. The van der Waals surface area contributed by atoms with Crippen LogP contribution in [0.1, 0.15) is 67.7 Å². The maximum absolute atomic E-state index is 12.6. The van der Waals surface area contributed by atoms with Gasteiger partial charge in [-0.3, -0.25) is 9.48 Å². The van der Waals surface area contributed by atoms with Gasteiger partial charge in [0.05, 0.1) is 0 Å². The van der Waals surface area contributed by atoms with Crippen LogP contribution in [-0.4, -0.2) is 46.8 Å². The molecule has 1 aromatic rings. The van der Waals surface area contributed by atoms with Crippen molar-refractivity contribution in [2.45, 2.75) is 77.4 Å². The third-order valence-electron chi connectivity index (χ3n) is 5.32. The van der Waals surface area contributed by atoms with Crippen LogP contribution in [0.3, 0.4) is 0 Å². The Labute approximate surface area is 145 Å². The Balaban J connectivity index is 1.83. The van der Waals surface area contributed by atoms with E-state index in [0.717, 1.165) is 25.8 Å². The van der Waals surface area contributed by atoms with Crippen molar-refractivity contribution in [3.63, 3.8) is 0 Å². The summed E-state index contributed by atoms with van der Waals surface area (Å²) in [5.74, 6) is 0.570. The highest BCUT2D eigenvalue weighted by atomic mass is 16.2. The first-order valence-corrected chi connectivity index (χ1v) is 9.52. The van der Waals surface area contributed by atoms with E-state index in [1.807, 2.05) is 14.1 Å². The molecule has 24 heavy (non-hydrogen) atoms. The molecule has 1 saturated carbocycles. The maximum Gasteiger partial charge on any atom is 0.274 e. The fourth-order valence-electron chi connectivity index (χ4n) is 4.14. The van der Waals surface area contributed by atoms with E-state index in [9.17, 15) is 4.79 Å². The number of carbonyl (C=O) groups excluding carboxylic acids is 1. The monoisotopic (exact) mass is 332 g/mol. The van der Waals surface area contributed by atoms with E-state index in [0.29, 0.717) is 23.7 Å². The predicted octanol–water partition coefficient (Wildman–Crippen LogP) is 2.63. The second-order valence-corrected chi connectivity index (χ2v) is 8.14. The summed E-state index contributed by atoms with van der Waals surface area (Å²) in [7, 11) is 3.63. The van der Waals surface area contributed by atoms with Crippen molar-refractivity contribution < 1.29 is 4.79 Å². The summed E-state index contributed by atoms with van der Waals surface area (Å²) in [6.07, 6.45) is 8.44. The van der Waals surface area contributed by atoms with Crippen molar-refractivity contribution in [1.82, 2.24) is 20.0 Å². The number of amides is 1. The molecule has 134 valence electrons. The van der Waals surface area contributed by atoms with Gasteiger partial charge in [-0.2, -0.15) is 5.10 Å². The van der Waals surface area contributed by atoms with Crippen molar-refractivity contribution in [2.75, 3.05) is 14.1 Å². The molecule has 1 atom stereocenters. The zero-order valence-electron chi connectivity index (χ0n) is 15.6. The fraction of sp³-hybridized carbons (Fsp3) is 0.789. The molecule has 0 bridgehead atoms. The lowest BCUT2D eigenvalue weighted by atomic mass is 9.90. The minimum Gasteiger partial charge on any atom is -0.343 e. The maximum atomic E-state index is 12.6. The lowest BCUT2D eigenvalue weighted by Crippen LogP contribution is -2.41. The molecule has 5 nitrogen and oxygen atoms in total. The van der Waals surface area contributed by atoms with Crippen LogP contribution in [0.15, 0.2) is 0 Å². The predicted molar refractivity (Wildman–Crippen MR) is 96.3 cm³/mol. The highest BCUT2D eigenvalue weighted by Gasteiger charge is 2.31. The molecule has 0 aromatic carbocycles. The summed E-state index contributed by atoms with van der Waals surface area (Å²) >= 11 is 0. The van der Waals surface area contributed by atoms with Crippen molar-refractivity contribution >= 4 is 5.91 Å². The van der Waals surface area contributed by atoms with E-state index in [4.69, 9.17) is 5.10 Å². The van der Waals surface area contributed by atoms with E-state index >= 15 is 0 Å². The minimum atomic E-state index is 0.0373. The smallest absolute Gasteiger partial charge is 0.274 e. The second-order valence-electron chi connectivity index (χ2n) is 8.14.